The summed E-state index contributed by atoms with van der Waals surface area (Å²) in [6.45, 7) is 8.07. The molecule has 9 nitrogen and oxygen atoms in total. The molecule has 2 fully saturated rings. The maximum absolute atomic E-state index is 14.0. The van der Waals surface area contributed by atoms with Crippen molar-refractivity contribution in [3.8, 4) is 0 Å². The largest absolute Gasteiger partial charge is 0.508 e. The Labute approximate surface area is 214 Å². The molecular weight excluding hydrogens is 480 g/mol. The van der Waals surface area contributed by atoms with Crippen LogP contribution in [0.25, 0.3) is 0 Å². The number of ketones is 3. The highest BCUT2D eigenvalue weighted by atomic mass is 16.7. The van der Waals surface area contributed by atoms with Crippen molar-refractivity contribution < 1.29 is 44.7 Å². The number of fused-ring (bicyclic) bond motifs is 3. The van der Waals surface area contributed by atoms with Gasteiger partial charge >= 0.3 is 0 Å². The first-order chi connectivity index (χ1) is 17.1. The highest BCUT2D eigenvalue weighted by Gasteiger charge is 2.83. The van der Waals surface area contributed by atoms with Gasteiger partial charge in [0.05, 0.1) is 5.41 Å². The standard InChI is InChI=1S/C28H32O9/c1-7-9-11-13-16(29)18-20(31)15(3)22(32)26(5)21(18)25(4)23(33)19(17(30)14-12-10-8-2)24(34)27(6,35)28(25,36)37-26/h7-14,21,29-31,35-36H,1-6H3/b9-7+,10-8+,13-11+,14-12+,18-16-,19-17-. The van der Waals surface area contributed by atoms with E-state index in [1.54, 1.807) is 32.1 Å². The van der Waals surface area contributed by atoms with E-state index in [9.17, 15) is 39.9 Å². The third-order valence-corrected chi connectivity index (χ3v) is 7.56. The first kappa shape index (κ1) is 28.0. The first-order valence-electron chi connectivity index (χ1n) is 11.7. The van der Waals surface area contributed by atoms with Crippen molar-refractivity contribution in [1.82, 2.24) is 0 Å². The molecule has 3 aliphatic rings. The van der Waals surface area contributed by atoms with Gasteiger partial charge in [0.2, 0.25) is 11.6 Å². The van der Waals surface area contributed by atoms with Gasteiger partial charge in [-0.25, -0.2) is 0 Å². The normalized spacial score (nSPS) is 39.5. The van der Waals surface area contributed by atoms with Gasteiger partial charge in [-0.05, 0) is 53.7 Å². The van der Waals surface area contributed by atoms with Crippen LogP contribution in [-0.4, -0.2) is 59.9 Å². The highest BCUT2D eigenvalue weighted by Crippen LogP contribution is 2.66. The number of hydrogen-bond donors (Lipinski definition) is 5. The number of rotatable bonds is 4. The van der Waals surface area contributed by atoms with Gasteiger partial charge in [-0.2, -0.15) is 0 Å². The zero-order valence-corrected chi connectivity index (χ0v) is 21.6. The second-order valence-electron chi connectivity index (χ2n) is 9.85. The van der Waals surface area contributed by atoms with Crippen LogP contribution in [0.2, 0.25) is 0 Å². The van der Waals surface area contributed by atoms with Crippen molar-refractivity contribution in [1.29, 1.82) is 0 Å². The number of hydrogen-bond acceptors (Lipinski definition) is 9. The van der Waals surface area contributed by atoms with Gasteiger partial charge in [-0.1, -0.05) is 36.5 Å². The molecule has 3 rings (SSSR count). The zero-order chi connectivity index (χ0) is 28.1. The maximum atomic E-state index is 14.0. The van der Waals surface area contributed by atoms with Crippen molar-refractivity contribution in [2.75, 3.05) is 0 Å². The topological polar surface area (TPSA) is 162 Å². The highest BCUT2D eigenvalue weighted by molar-refractivity contribution is 6.28. The van der Waals surface area contributed by atoms with E-state index in [2.05, 4.69) is 0 Å². The number of ether oxygens (including phenoxy) is 1. The smallest absolute Gasteiger partial charge is 0.217 e. The monoisotopic (exact) mass is 512 g/mol. The molecule has 0 bridgehead atoms. The number of aliphatic hydroxyl groups is 5. The van der Waals surface area contributed by atoms with E-state index in [4.69, 9.17) is 4.74 Å². The molecular formula is C28H32O9. The predicted octanol–water partition coefficient (Wildman–Crippen LogP) is 3.29. The lowest BCUT2D eigenvalue weighted by atomic mass is 9.52. The van der Waals surface area contributed by atoms with Crippen LogP contribution in [0.1, 0.15) is 41.5 Å². The lowest BCUT2D eigenvalue weighted by Crippen LogP contribution is -2.72. The lowest BCUT2D eigenvalue weighted by Gasteiger charge is -2.50. The van der Waals surface area contributed by atoms with Crippen LogP contribution in [0.4, 0.5) is 0 Å². The van der Waals surface area contributed by atoms with Gasteiger partial charge in [0.1, 0.15) is 28.5 Å². The van der Waals surface area contributed by atoms with E-state index < -0.39 is 68.5 Å². The Morgan fingerprint density at radius 2 is 1.35 bits per heavy atom. The Kier molecular flexibility index (Phi) is 6.89. The molecule has 5 atom stereocenters. The second-order valence-corrected chi connectivity index (χ2v) is 9.85. The van der Waals surface area contributed by atoms with E-state index in [1.165, 1.54) is 45.1 Å². The van der Waals surface area contributed by atoms with Crippen LogP contribution in [0.5, 0.6) is 0 Å². The summed E-state index contributed by atoms with van der Waals surface area (Å²) in [6.07, 6.45) is 11.5. The third-order valence-electron chi connectivity index (χ3n) is 7.56. The van der Waals surface area contributed by atoms with E-state index >= 15 is 0 Å². The van der Waals surface area contributed by atoms with Gasteiger partial charge in [0.15, 0.2) is 17.2 Å². The van der Waals surface area contributed by atoms with E-state index in [0.717, 1.165) is 13.0 Å². The summed E-state index contributed by atoms with van der Waals surface area (Å²) in [6, 6.07) is 0. The molecule has 1 saturated heterocycles. The summed E-state index contributed by atoms with van der Waals surface area (Å²) in [5.74, 6) is -9.75. The van der Waals surface area contributed by atoms with Crippen LogP contribution in [0.3, 0.4) is 0 Å². The van der Waals surface area contributed by atoms with Crippen molar-refractivity contribution in [3.05, 3.63) is 82.6 Å². The minimum Gasteiger partial charge on any atom is -0.508 e. The van der Waals surface area contributed by atoms with Crippen molar-refractivity contribution >= 4 is 17.3 Å². The predicted molar refractivity (Wildman–Crippen MR) is 134 cm³/mol. The molecule has 1 saturated carbocycles. The molecule has 1 aliphatic heterocycles. The number of carbonyl (C=O) groups excluding carboxylic acids is 3. The molecule has 2 aliphatic carbocycles. The number of carbonyl (C=O) groups is 3. The van der Waals surface area contributed by atoms with Crippen LogP contribution in [-0.2, 0) is 19.1 Å². The van der Waals surface area contributed by atoms with E-state index in [0.29, 0.717) is 0 Å². The van der Waals surface area contributed by atoms with Gasteiger partial charge < -0.3 is 30.3 Å². The SMILES string of the molecule is C/C=C/C=C/C(O)=C1/C(=O)C(C)(O)C2(O)OC3(C)C(=O)C(C)=C(O)\C(=C(O)/C=C/C=C/C)C3C2(C)C1=O. The number of Topliss-reactive ketones (excluding diaryl/α,β-unsaturated/α-hetero) is 3. The van der Waals surface area contributed by atoms with Crippen molar-refractivity contribution in [2.24, 2.45) is 11.3 Å². The molecule has 0 aromatic rings. The number of allylic oxidation sites excluding steroid dienone is 9. The zero-order valence-electron chi connectivity index (χ0n) is 21.6. The average Bonchev–Trinajstić information content (AvgIpc) is 3.03. The lowest BCUT2D eigenvalue weighted by molar-refractivity contribution is -0.313. The fraction of sp³-hybridized carbons (Fsp3) is 0.393. The van der Waals surface area contributed by atoms with Gasteiger partial charge in [0, 0.05) is 17.1 Å². The van der Waals surface area contributed by atoms with Crippen LogP contribution in [0, 0.1) is 11.3 Å². The molecule has 0 radical (unpaired) electrons. The van der Waals surface area contributed by atoms with Crippen molar-refractivity contribution in [2.45, 2.75) is 58.5 Å². The van der Waals surface area contributed by atoms with E-state index in [-0.39, 0.29) is 11.1 Å². The first-order valence-corrected chi connectivity index (χ1v) is 11.7. The molecule has 0 aromatic heterocycles. The van der Waals surface area contributed by atoms with Gasteiger partial charge in [-0.15, -0.1) is 0 Å². The molecule has 0 aromatic carbocycles. The average molecular weight is 513 g/mol. The Bertz CT molecular complexity index is 1290. The molecule has 0 amide bonds. The summed E-state index contributed by atoms with van der Waals surface area (Å²) in [5.41, 5.74) is -8.56. The molecule has 5 N–H and O–H groups in total. The molecule has 1 heterocycles. The molecule has 5 unspecified atom stereocenters. The molecule has 198 valence electrons. The van der Waals surface area contributed by atoms with Crippen molar-refractivity contribution in [3.63, 3.8) is 0 Å². The molecule has 0 spiro atoms. The minimum absolute atomic E-state index is 0.211. The summed E-state index contributed by atoms with van der Waals surface area (Å²) >= 11 is 0. The van der Waals surface area contributed by atoms with E-state index in [1.807, 2.05) is 0 Å². The Hall–Kier alpha value is -3.53. The van der Waals surface area contributed by atoms with Crippen LogP contribution < -0.4 is 0 Å². The Morgan fingerprint density at radius 3 is 1.86 bits per heavy atom. The Balaban J connectivity index is 2.46. The maximum Gasteiger partial charge on any atom is 0.217 e. The fourth-order valence-electron chi connectivity index (χ4n) is 5.62. The fourth-order valence-corrected chi connectivity index (χ4v) is 5.62. The summed E-state index contributed by atoms with van der Waals surface area (Å²) in [4.78, 5) is 40.8. The number of aliphatic hydroxyl groups excluding tert-OH is 3. The molecule has 37 heavy (non-hydrogen) atoms. The summed E-state index contributed by atoms with van der Waals surface area (Å²) in [5, 5.41) is 55.9. The quantitative estimate of drug-likeness (QED) is 0.165. The van der Waals surface area contributed by atoms with Gasteiger partial charge in [0.25, 0.3) is 0 Å². The summed E-state index contributed by atoms with van der Waals surface area (Å²) < 4.78 is 5.82. The third kappa shape index (κ3) is 3.53. The minimum atomic E-state index is -2.98. The summed E-state index contributed by atoms with van der Waals surface area (Å²) in [7, 11) is 0. The van der Waals surface area contributed by atoms with Gasteiger partial charge in [-0.3, -0.25) is 14.4 Å². The van der Waals surface area contributed by atoms with Crippen LogP contribution in [0.15, 0.2) is 82.6 Å². The second kappa shape index (κ2) is 9.09. The van der Waals surface area contributed by atoms with Crippen LogP contribution >= 0.6 is 0 Å². The Morgan fingerprint density at radius 1 is 0.838 bits per heavy atom. The molecule has 9 heteroatoms.